The zero-order chi connectivity index (χ0) is 13.3. The van der Waals surface area contributed by atoms with Crippen LogP contribution in [0.15, 0.2) is 17.0 Å². The van der Waals surface area contributed by atoms with Crippen LogP contribution in [-0.2, 0) is 14.6 Å². The number of aryl methyl sites for hydroxylation is 1. The maximum Gasteiger partial charge on any atom is 0.175 e. The molecule has 18 heavy (non-hydrogen) atoms. The van der Waals surface area contributed by atoms with Crippen LogP contribution in [0, 0.1) is 12.7 Å². The Morgan fingerprint density at radius 2 is 2.17 bits per heavy atom. The molecule has 1 aromatic carbocycles. The van der Waals surface area contributed by atoms with E-state index in [1.54, 1.807) is 6.92 Å². The fourth-order valence-electron chi connectivity index (χ4n) is 2.08. The SMILES string of the molecule is Cc1cc(F)c(C2CNCCO2)cc1S(C)(=O)=O. The van der Waals surface area contributed by atoms with Gasteiger partial charge >= 0.3 is 0 Å². The lowest BCUT2D eigenvalue weighted by Gasteiger charge is -2.25. The fraction of sp³-hybridized carbons (Fsp3) is 0.500. The lowest BCUT2D eigenvalue weighted by molar-refractivity contribution is 0.0254. The van der Waals surface area contributed by atoms with E-state index >= 15 is 0 Å². The third kappa shape index (κ3) is 2.71. The van der Waals surface area contributed by atoms with Gasteiger partial charge < -0.3 is 10.1 Å². The first-order chi connectivity index (χ1) is 8.39. The van der Waals surface area contributed by atoms with Crippen LogP contribution in [-0.4, -0.2) is 34.4 Å². The number of ether oxygens (including phenoxy) is 1. The van der Waals surface area contributed by atoms with Gasteiger partial charge in [-0.05, 0) is 24.6 Å². The van der Waals surface area contributed by atoms with E-state index < -0.39 is 21.8 Å². The molecule has 1 N–H and O–H groups in total. The Kier molecular flexibility index (Phi) is 3.70. The Morgan fingerprint density at radius 3 is 2.72 bits per heavy atom. The van der Waals surface area contributed by atoms with Crippen molar-refractivity contribution in [2.45, 2.75) is 17.9 Å². The van der Waals surface area contributed by atoms with Crippen molar-refractivity contribution in [1.29, 1.82) is 0 Å². The van der Waals surface area contributed by atoms with Gasteiger partial charge in [0.15, 0.2) is 9.84 Å². The number of benzene rings is 1. The predicted molar refractivity (Wildman–Crippen MR) is 65.8 cm³/mol. The zero-order valence-electron chi connectivity index (χ0n) is 10.4. The van der Waals surface area contributed by atoms with Crippen LogP contribution in [0.25, 0.3) is 0 Å². The second-order valence-corrected chi connectivity index (χ2v) is 6.46. The van der Waals surface area contributed by atoms with Gasteiger partial charge in [-0.15, -0.1) is 0 Å². The van der Waals surface area contributed by atoms with E-state index in [0.29, 0.717) is 24.3 Å². The van der Waals surface area contributed by atoms with Crippen molar-refractivity contribution in [3.8, 4) is 0 Å². The van der Waals surface area contributed by atoms with Crippen molar-refractivity contribution in [1.82, 2.24) is 5.32 Å². The Hall–Kier alpha value is -0.980. The largest absolute Gasteiger partial charge is 0.371 e. The van der Waals surface area contributed by atoms with Crippen LogP contribution in [0.1, 0.15) is 17.2 Å². The summed E-state index contributed by atoms with van der Waals surface area (Å²) in [6.45, 7) is 3.29. The van der Waals surface area contributed by atoms with Crippen molar-refractivity contribution >= 4 is 9.84 Å². The highest BCUT2D eigenvalue weighted by molar-refractivity contribution is 7.90. The van der Waals surface area contributed by atoms with Gasteiger partial charge in [0.25, 0.3) is 0 Å². The molecule has 1 saturated heterocycles. The molecule has 0 radical (unpaired) electrons. The summed E-state index contributed by atoms with van der Waals surface area (Å²) in [7, 11) is -3.35. The minimum Gasteiger partial charge on any atom is -0.371 e. The zero-order valence-corrected chi connectivity index (χ0v) is 11.2. The molecule has 6 heteroatoms. The number of nitrogens with one attached hydrogen (secondary N) is 1. The summed E-state index contributed by atoms with van der Waals surface area (Å²) in [4.78, 5) is 0.160. The van der Waals surface area contributed by atoms with Gasteiger partial charge in [0, 0.05) is 24.9 Å². The van der Waals surface area contributed by atoms with E-state index in [0.717, 1.165) is 12.8 Å². The second kappa shape index (κ2) is 4.95. The molecule has 1 fully saturated rings. The molecule has 4 nitrogen and oxygen atoms in total. The highest BCUT2D eigenvalue weighted by atomic mass is 32.2. The lowest BCUT2D eigenvalue weighted by Crippen LogP contribution is -2.33. The molecule has 0 aromatic heterocycles. The Labute approximate surface area is 106 Å². The molecule has 0 spiro atoms. The van der Waals surface area contributed by atoms with Gasteiger partial charge in [-0.3, -0.25) is 0 Å². The van der Waals surface area contributed by atoms with Gasteiger partial charge in [-0.2, -0.15) is 0 Å². The molecule has 1 aliphatic rings. The fourth-order valence-corrected chi connectivity index (χ4v) is 3.06. The van der Waals surface area contributed by atoms with Crippen molar-refractivity contribution in [2.75, 3.05) is 26.0 Å². The minimum absolute atomic E-state index is 0.160. The molecule has 1 unspecified atom stereocenters. The summed E-state index contributed by atoms with van der Waals surface area (Å²) in [6, 6.07) is 2.64. The highest BCUT2D eigenvalue weighted by Gasteiger charge is 2.23. The van der Waals surface area contributed by atoms with Crippen LogP contribution >= 0.6 is 0 Å². The van der Waals surface area contributed by atoms with Crippen molar-refractivity contribution in [2.24, 2.45) is 0 Å². The third-order valence-electron chi connectivity index (χ3n) is 2.97. The van der Waals surface area contributed by atoms with E-state index in [1.165, 1.54) is 12.1 Å². The van der Waals surface area contributed by atoms with E-state index in [2.05, 4.69) is 5.32 Å². The average molecular weight is 273 g/mol. The summed E-state index contributed by atoms with van der Waals surface area (Å²) in [6.07, 6.45) is 0.691. The molecule has 0 bridgehead atoms. The minimum atomic E-state index is -3.35. The Balaban J connectivity index is 2.47. The molecule has 1 aromatic rings. The normalized spacial score (nSPS) is 20.9. The lowest BCUT2D eigenvalue weighted by atomic mass is 10.1. The van der Waals surface area contributed by atoms with Gasteiger partial charge in [0.2, 0.25) is 0 Å². The average Bonchev–Trinajstić information content (AvgIpc) is 2.28. The van der Waals surface area contributed by atoms with Crippen LogP contribution in [0.2, 0.25) is 0 Å². The molecular formula is C12H16FNO3S. The van der Waals surface area contributed by atoms with Crippen molar-refractivity contribution in [3.05, 3.63) is 29.1 Å². The number of morpholine rings is 1. The summed E-state index contributed by atoms with van der Waals surface area (Å²) >= 11 is 0. The van der Waals surface area contributed by atoms with Gasteiger partial charge in [-0.25, -0.2) is 12.8 Å². The second-order valence-electron chi connectivity index (χ2n) is 4.47. The molecular weight excluding hydrogens is 257 g/mol. The maximum atomic E-state index is 13.9. The van der Waals surface area contributed by atoms with Gasteiger partial charge in [0.1, 0.15) is 5.82 Å². The summed E-state index contributed by atoms with van der Waals surface area (Å²) < 4.78 is 42.6. The number of hydrogen-bond acceptors (Lipinski definition) is 4. The molecule has 0 amide bonds. The van der Waals surface area contributed by atoms with Gasteiger partial charge in [0.05, 0.1) is 17.6 Å². The number of rotatable bonds is 2. The Morgan fingerprint density at radius 1 is 1.44 bits per heavy atom. The summed E-state index contributed by atoms with van der Waals surface area (Å²) in [5.41, 5.74) is 0.718. The Bertz CT molecular complexity index is 551. The first-order valence-electron chi connectivity index (χ1n) is 5.72. The molecule has 100 valence electrons. The molecule has 0 saturated carbocycles. The summed E-state index contributed by atoms with van der Waals surface area (Å²) in [5.74, 6) is -0.423. The van der Waals surface area contributed by atoms with E-state index in [4.69, 9.17) is 4.74 Å². The van der Waals surface area contributed by atoms with Crippen molar-refractivity contribution in [3.63, 3.8) is 0 Å². The summed E-state index contributed by atoms with van der Waals surface area (Å²) in [5, 5.41) is 3.09. The quantitative estimate of drug-likeness (QED) is 0.823. The molecule has 1 atom stereocenters. The number of hydrogen-bond donors (Lipinski definition) is 1. The molecule has 1 heterocycles. The van der Waals surface area contributed by atoms with Crippen LogP contribution in [0.4, 0.5) is 4.39 Å². The monoisotopic (exact) mass is 273 g/mol. The van der Waals surface area contributed by atoms with Crippen LogP contribution in [0.5, 0.6) is 0 Å². The molecule has 0 aliphatic carbocycles. The van der Waals surface area contributed by atoms with Crippen LogP contribution < -0.4 is 5.32 Å². The third-order valence-corrected chi connectivity index (χ3v) is 4.21. The van der Waals surface area contributed by atoms with Crippen molar-refractivity contribution < 1.29 is 17.5 Å². The molecule has 1 aliphatic heterocycles. The van der Waals surface area contributed by atoms with Gasteiger partial charge in [-0.1, -0.05) is 0 Å². The predicted octanol–water partition coefficient (Wildman–Crippen LogP) is 1.20. The number of halogens is 1. The maximum absolute atomic E-state index is 13.9. The van der Waals surface area contributed by atoms with E-state index in [-0.39, 0.29) is 4.90 Å². The van der Waals surface area contributed by atoms with Crippen LogP contribution in [0.3, 0.4) is 0 Å². The number of sulfone groups is 1. The topological polar surface area (TPSA) is 55.4 Å². The van der Waals surface area contributed by atoms with E-state index in [9.17, 15) is 12.8 Å². The molecule has 2 rings (SSSR count). The standard InChI is InChI=1S/C12H16FNO3S/c1-8-5-10(13)9(6-12(8)18(2,15)16)11-7-14-3-4-17-11/h5-6,11,14H,3-4,7H2,1-2H3. The first-order valence-corrected chi connectivity index (χ1v) is 7.61. The van der Waals surface area contributed by atoms with E-state index in [1.807, 2.05) is 0 Å². The highest BCUT2D eigenvalue weighted by Crippen LogP contribution is 2.27. The first kappa shape index (κ1) is 13.5. The smallest absolute Gasteiger partial charge is 0.175 e.